The van der Waals surface area contributed by atoms with Crippen molar-refractivity contribution in [2.75, 3.05) is 29.1 Å². The number of benzene rings is 2. The lowest BCUT2D eigenvalue weighted by Crippen LogP contribution is -2.37. The highest BCUT2D eigenvalue weighted by Crippen LogP contribution is 2.34. The summed E-state index contributed by atoms with van der Waals surface area (Å²) in [5.41, 5.74) is 2.55. The molecule has 0 radical (unpaired) electrons. The summed E-state index contributed by atoms with van der Waals surface area (Å²) < 4.78 is 5.07. The number of hydrogen-bond acceptors (Lipinski definition) is 5. The van der Waals surface area contributed by atoms with Gasteiger partial charge in [-0.15, -0.1) is 11.8 Å². The maximum atomic E-state index is 12.2. The first-order valence-electron chi connectivity index (χ1n) is 9.14. The third kappa shape index (κ3) is 4.92. The zero-order chi connectivity index (χ0) is 19.9. The van der Waals surface area contributed by atoms with Gasteiger partial charge in [-0.1, -0.05) is 37.3 Å². The van der Waals surface area contributed by atoms with Gasteiger partial charge in [0.1, 0.15) is 0 Å². The molecule has 6 nitrogen and oxygen atoms in total. The second kappa shape index (κ2) is 9.41. The molecule has 0 atom stereocenters. The molecule has 0 saturated carbocycles. The number of amides is 2. The first-order valence-corrected chi connectivity index (χ1v) is 10.1. The molecule has 0 spiro atoms. The summed E-state index contributed by atoms with van der Waals surface area (Å²) in [5.74, 6) is -0.580. The Bertz CT molecular complexity index is 884. The van der Waals surface area contributed by atoms with E-state index in [1.54, 1.807) is 4.90 Å². The number of anilines is 2. The number of hydrogen-bond donors (Lipinski definition) is 1. The Hall–Kier alpha value is -2.80. The van der Waals surface area contributed by atoms with Crippen LogP contribution in [0.5, 0.6) is 0 Å². The molecule has 0 saturated heterocycles. The standard InChI is InChI=1S/C21H22N2O4S/c1-2-15-7-3-4-8-16(15)22-19(24)13-27-21(26)11-12-23-17-9-5-6-10-18(17)28-14-20(23)25/h3-10H,2,11-14H2,1H3,(H,22,24). The lowest BCUT2D eigenvalue weighted by atomic mass is 10.1. The van der Waals surface area contributed by atoms with E-state index in [2.05, 4.69) is 5.32 Å². The molecule has 1 heterocycles. The molecule has 146 valence electrons. The number of carbonyl (C=O) groups excluding carboxylic acids is 3. The van der Waals surface area contributed by atoms with Gasteiger partial charge in [-0.3, -0.25) is 14.4 Å². The second-order valence-corrected chi connectivity index (χ2v) is 7.29. The molecule has 1 N–H and O–H groups in total. The van der Waals surface area contributed by atoms with Crippen LogP contribution in [-0.4, -0.2) is 36.7 Å². The fourth-order valence-electron chi connectivity index (χ4n) is 2.96. The van der Waals surface area contributed by atoms with E-state index < -0.39 is 5.97 Å². The largest absolute Gasteiger partial charge is 0.456 e. The van der Waals surface area contributed by atoms with Crippen molar-refractivity contribution >= 4 is 40.9 Å². The van der Waals surface area contributed by atoms with Crippen molar-refractivity contribution in [3.8, 4) is 0 Å². The zero-order valence-corrected chi connectivity index (χ0v) is 16.5. The number of nitrogens with zero attached hydrogens (tertiary/aromatic N) is 1. The molecule has 2 aromatic carbocycles. The Kier molecular flexibility index (Phi) is 6.71. The molecule has 2 aromatic rings. The van der Waals surface area contributed by atoms with Gasteiger partial charge in [-0.2, -0.15) is 0 Å². The monoisotopic (exact) mass is 398 g/mol. The van der Waals surface area contributed by atoms with Crippen LogP contribution in [0, 0.1) is 0 Å². The summed E-state index contributed by atoms with van der Waals surface area (Å²) in [7, 11) is 0. The van der Waals surface area contributed by atoms with E-state index in [0.29, 0.717) is 5.75 Å². The van der Waals surface area contributed by atoms with E-state index in [4.69, 9.17) is 4.74 Å². The predicted molar refractivity (Wildman–Crippen MR) is 110 cm³/mol. The minimum Gasteiger partial charge on any atom is -0.456 e. The van der Waals surface area contributed by atoms with Gasteiger partial charge < -0.3 is 15.0 Å². The van der Waals surface area contributed by atoms with E-state index in [9.17, 15) is 14.4 Å². The van der Waals surface area contributed by atoms with Crippen molar-refractivity contribution in [2.24, 2.45) is 0 Å². The van der Waals surface area contributed by atoms with Crippen LogP contribution in [0.4, 0.5) is 11.4 Å². The SMILES string of the molecule is CCc1ccccc1NC(=O)COC(=O)CCN1C(=O)CSc2ccccc21. The Morgan fingerprint density at radius 1 is 1.14 bits per heavy atom. The molecule has 7 heteroatoms. The molecule has 2 amide bonds. The number of nitrogens with one attached hydrogen (secondary N) is 1. The number of thioether (sulfide) groups is 1. The van der Waals surface area contributed by atoms with Crippen LogP contribution in [0.15, 0.2) is 53.4 Å². The zero-order valence-electron chi connectivity index (χ0n) is 15.6. The molecule has 0 aromatic heterocycles. The molecule has 1 aliphatic rings. The van der Waals surface area contributed by atoms with E-state index in [-0.39, 0.29) is 31.4 Å². The molecule has 0 fully saturated rings. The molecule has 0 bridgehead atoms. The third-order valence-corrected chi connectivity index (χ3v) is 5.43. The summed E-state index contributed by atoms with van der Waals surface area (Å²) in [6.45, 7) is 1.89. The number of aryl methyl sites for hydroxylation is 1. The number of esters is 1. The van der Waals surface area contributed by atoms with Gasteiger partial charge in [-0.25, -0.2) is 0 Å². The lowest BCUT2D eigenvalue weighted by Gasteiger charge is -2.28. The van der Waals surface area contributed by atoms with Crippen LogP contribution in [0.2, 0.25) is 0 Å². The fraction of sp³-hybridized carbons (Fsp3) is 0.286. The summed E-state index contributed by atoms with van der Waals surface area (Å²) in [5, 5.41) is 2.76. The minimum atomic E-state index is -0.512. The Morgan fingerprint density at radius 2 is 1.89 bits per heavy atom. The summed E-state index contributed by atoms with van der Waals surface area (Å²) in [6, 6.07) is 15.1. The van der Waals surface area contributed by atoms with Crippen molar-refractivity contribution in [3.05, 3.63) is 54.1 Å². The minimum absolute atomic E-state index is 0.0313. The maximum Gasteiger partial charge on any atom is 0.308 e. The van der Waals surface area contributed by atoms with Crippen molar-refractivity contribution in [1.82, 2.24) is 0 Å². The smallest absolute Gasteiger partial charge is 0.308 e. The lowest BCUT2D eigenvalue weighted by molar-refractivity contribution is -0.147. The summed E-state index contributed by atoms with van der Waals surface area (Å²) in [6.07, 6.45) is 0.823. The number of fused-ring (bicyclic) bond motifs is 1. The van der Waals surface area contributed by atoms with Crippen molar-refractivity contribution in [2.45, 2.75) is 24.7 Å². The molecule has 0 aliphatic carbocycles. The number of ether oxygens (including phenoxy) is 1. The van der Waals surface area contributed by atoms with E-state index in [0.717, 1.165) is 28.3 Å². The Labute approximate surface area is 168 Å². The van der Waals surface area contributed by atoms with Gasteiger partial charge in [0.05, 0.1) is 17.9 Å². The van der Waals surface area contributed by atoms with E-state index in [1.165, 1.54) is 11.8 Å². The van der Waals surface area contributed by atoms with Crippen LogP contribution in [0.1, 0.15) is 18.9 Å². The van der Waals surface area contributed by atoms with Crippen molar-refractivity contribution in [3.63, 3.8) is 0 Å². The average molecular weight is 398 g/mol. The van der Waals surface area contributed by atoms with Gasteiger partial charge in [0.15, 0.2) is 6.61 Å². The first kappa shape index (κ1) is 19.9. The van der Waals surface area contributed by atoms with Gasteiger partial charge >= 0.3 is 5.97 Å². The highest BCUT2D eigenvalue weighted by molar-refractivity contribution is 8.00. The van der Waals surface area contributed by atoms with Gasteiger partial charge in [0.2, 0.25) is 5.91 Å². The van der Waals surface area contributed by atoms with Crippen LogP contribution in [-0.2, 0) is 25.5 Å². The van der Waals surface area contributed by atoms with Crippen molar-refractivity contribution in [1.29, 1.82) is 0 Å². The van der Waals surface area contributed by atoms with Crippen molar-refractivity contribution < 1.29 is 19.1 Å². The second-order valence-electron chi connectivity index (χ2n) is 6.27. The molecular formula is C21H22N2O4S. The topological polar surface area (TPSA) is 75.7 Å². The average Bonchev–Trinajstić information content (AvgIpc) is 2.72. The first-order chi connectivity index (χ1) is 13.6. The molecule has 1 aliphatic heterocycles. The van der Waals surface area contributed by atoms with Gasteiger partial charge in [0, 0.05) is 17.1 Å². The summed E-state index contributed by atoms with van der Waals surface area (Å²) in [4.78, 5) is 38.9. The molecular weight excluding hydrogens is 376 g/mol. The predicted octanol–water partition coefficient (Wildman–Crippen LogP) is 3.26. The van der Waals surface area contributed by atoms with E-state index >= 15 is 0 Å². The molecule has 28 heavy (non-hydrogen) atoms. The number of para-hydroxylation sites is 2. The molecule has 0 unspecified atom stereocenters. The van der Waals surface area contributed by atoms with Crippen LogP contribution >= 0.6 is 11.8 Å². The summed E-state index contributed by atoms with van der Waals surface area (Å²) >= 11 is 1.49. The van der Waals surface area contributed by atoms with Gasteiger partial charge in [0.25, 0.3) is 5.91 Å². The highest BCUT2D eigenvalue weighted by atomic mass is 32.2. The van der Waals surface area contributed by atoms with E-state index in [1.807, 2.05) is 55.5 Å². The Morgan fingerprint density at radius 3 is 2.71 bits per heavy atom. The highest BCUT2D eigenvalue weighted by Gasteiger charge is 2.25. The normalized spacial score (nSPS) is 13.0. The number of rotatable bonds is 7. The number of carbonyl (C=O) groups is 3. The maximum absolute atomic E-state index is 12.2. The molecule has 3 rings (SSSR count). The van der Waals surface area contributed by atoms with Crippen LogP contribution < -0.4 is 10.2 Å². The quantitative estimate of drug-likeness (QED) is 0.725. The van der Waals surface area contributed by atoms with Crippen LogP contribution in [0.3, 0.4) is 0 Å². The third-order valence-electron chi connectivity index (χ3n) is 4.38. The van der Waals surface area contributed by atoms with Gasteiger partial charge in [-0.05, 0) is 30.2 Å². The van der Waals surface area contributed by atoms with Crippen LogP contribution in [0.25, 0.3) is 0 Å². The fourth-order valence-corrected chi connectivity index (χ4v) is 3.89. The Balaban J connectivity index is 1.48.